The molecule has 2 aromatic heterocycles. The number of fused-ring (bicyclic) bond motifs is 1. The lowest BCUT2D eigenvalue weighted by atomic mass is 10.2. The van der Waals surface area contributed by atoms with Gasteiger partial charge in [-0.2, -0.15) is 0 Å². The third kappa shape index (κ3) is 2.04. The van der Waals surface area contributed by atoms with Crippen molar-refractivity contribution in [1.82, 2.24) is 9.55 Å². The van der Waals surface area contributed by atoms with Crippen LogP contribution in [0.2, 0.25) is 0 Å². The molecule has 0 amide bonds. The van der Waals surface area contributed by atoms with E-state index in [0.717, 1.165) is 39.5 Å². The molecule has 19 heavy (non-hydrogen) atoms. The molecular weight excluding hydrogens is 254 g/mol. The van der Waals surface area contributed by atoms with E-state index in [2.05, 4.69) is 28.7 Å². The van der Waals surface area contributed by atoms with Crippen LogP contribution >= 0.6 is 11.3 Å². The number of anilines is 1. The largest absolute Gasteiger partial charge is 0.397 e. The summed E-state index contributed by atoms with van der Waals surface area (Å²) in [4.78, 5) is 5.86. The topological polar surface area (TPSA) is 43.8 Å². The quantitative estimate of drug-likeness (QED) is 0.578. The standard InChI is InChI=1S/C15H15N3S/c1-10(2)9-18-12-6-3-5-11(16)14(12)17-15(18)13-7-4-8-19-13/h3-8H,1,9,16H2,2H3. The number of allylic oxidation sites excluding steroid dienone is 1. The molecule has 0 spiro atoms. The van der Waals surface area contributed by atoms with Crippen molar-refractivity contribution in [2.24, 2.45) is 0 Å². The van der Waals surface area contributed by atoms with Gasteiger partial charge in [0.2, 0.25) is 0 Å². The van der Waals surface area contributed by atoms with Crippen LogP contribution in [-0.4, -0.2) is 9.55 Å². The van der Waals surface area contributed by atoms with Crippen LogP contribution in [0.15, 0.2) is 47.9 Å². The average molecular weight is 269 g/mol. The van der Waals surface area contributed by atoms with Crippen LogP contribution in [0.1, 0.15) is 6.92 Å². The predicted molar refractivity (Wildman–Crippen MR) is 82.3 cm³/mol. The van der Waals surface area contributed by atoms with E-state index >= 15 is 0 Å². The smallest absolute Gasteiger partial charge is 0.151 e. The Morgan fingerprint density at radius 3 is 2.89 bits per heavy atom. The van der Waals surface area contributed by atoms with Crippen molar-refractivity contribution < 1.29 is 0 Å². The molecule has 0 radical (unpaired) electrons. The fourth-order valence-electron chi connectivity index (χ4n) is 2.19. The summed E-state index contributed by atoms with van der Waals surface area (Å²) < 4.78 is 2.18. The third-order valence-electron chi connectivity index (χ3n) is 2.98. The number of aromatic nitrogens is 2. The molecule has 3 aromatic rings. The summed E-state index contributed by atoms with van der Waals surface area (Å²) in [5.74, 6) is 0.964. The summed E-state index contributed by atoms with van der Waals surface area (Å²) >= 11 is 1.68. The summed E-state index contributed by atoms with van der Waals surface area (Å²) in [6.45, 7) is 6.79. The first-order valence-corrected chi connectivity index (χ1v) is 6.98. The Bertz CT molecular complexity index is 738. The number of hydrogen-bond acceptors (Lipinski definition) is 3. The molecule has 0 aliphatic rings. The number of hydrogen-bond donors (Lipinski definition) is 1. The fraction of sp³-hybridized carbons (Fsp3) is 0.133. The number of nitrogens with zero attached hydrogens (tertiary/aromatic N) is 2. The van der Waals surface area contributed by atoms with Crippen molar-refractivity contribution in [2.45, 2.75) is 13.5 Å². The molecule has 0 aliphatic carbocycles. The molecule has 2 N–H and O–H groups in total. The maximum Gasteiger partial charge on any atom is 0.151 e. The third-order valence-corrected chi connectivity index (χ3v) is 3.85. The van der Waals surface area contributed by atoms with Crippen molar-refractivity contribution in [3.8, 4) is 10.7 Å². The minimum atomic E-state index is 0.718. The van der Waals surface area contributed by atoms with E-state index in [-0.39, 0.29) is 0 Å². The molecule has 2 heterocycles. The Morgan fingerprint density at radius 1 is 1.37 bits per heavy atom. The molecule has 0 atom stereocenters. The van der Waals surface area contributed by atoms with E-state index in [1.165, 1.54) is 0 Å². The van der Waals surface area contributed by atoms with Gasteiger partial charge in [-0.05, 0) is 30.5 Å². The van der Waals surface area contributed by atoms with Crippen LogP contribution in [-0.2, 0) is 6.54 Å². The highest BCUT2D eigenvalue weighted by Crippen LogP contribution is 2.30. The van der Waals surface area contributed by atoms with Gasteiger partial charge in [-0.15, -0.1) is 11.3 Å². The van der Waals surface area contributed by atoms with Crippen LogP contribution < -0.4 is 5.73 Å². The number of rotatable bonds is 3. The molecule has 96 valence electrons. The molecule has 0 unspecified atom stereocenters. The summed E-state index contributed by atoms with van der Waals surface area (Å²) in [5, 5.41) is 2.06. The highest BCUT2D eigenvalue weighted by molar-refractivity contribution is 7.13. The summed E-state index contributed by atoms with van der Waals surface area (Å²) in [7, 11) is 0. The van der Waals surface area contributed by atoms with E-state index in [0.29, 0.717) is 0 Å². The van der Waals surface area contributed by atoms with Crippen molar-refractivity contribution in [3.63, 3.8) is 0 Å². The molecule has 4 heteroatoms. The normalized spacial score (nSPS) is 11.0. The average Bonchev–Trinajstić information content (AvgIpc) is 2.97. The molecule has 0 bridgehead atoms. The van der Waals surface area contributed by atoms with E-state index in [9.17, 15) is 0 Å². The Morgan fingerprint density at radius 2 is 2.21 bits per heavy atom. The van der Waals surface area contributed by atoms with Crippen LogP contribution in [0.5, 0.6) is 0 Å². The van der Waals surface area contributed by atoms with Gasteiger partial charge in [0.15, 0.2) is 5.82 Å². The highest BCUT2D eigenvalue weighted by Gasteiger charge is 2.14. The second kappa shape index (κ2) is 4.55. The number of imidazole rings is 1. The van der Waals surface area contributed by atoms with E-state index < -0.39 is 0 Å². The summed E-state index contributed by atoms with van der Waals surface area (Å²) in [5.41, 5.74) is 9.77. The Balaban J connectivity index is 2.31. The summed E-state index contributed by atoms with van der Waals surface area (Å²) in [6, 6.07) is 10.0. The molecular formula is C15H15N3S. The zero-order chi connectivity index (χ0) is 13.4. The molecule has 0 fully saturated rings. The zero-order valence-corrected chi connectivity index (χ0v) is 11.6. The van der Waals surface area contributed by atoms with Gasteiger partial charge in [0.1, 0.15) is 5.52 Å². The van der Waals surface area contributed by atoms with Gasteiger partial charge < -0.3 is 10.3 Å². The Labute approximate surface area is 116 Å². The number of thiophene rings is 1. The summed E-state index contributed by atoms with van der Waals surface area (Å²) in [6.07, 6.45) is 0. The maximum absolute atomic E-state index is 6.03. The molecule has 3 nitrogen and oxygen atoms in total. The fourth-order valence-corrected chi connectivity index (χ4v) is 2.91. The highest BCUT2D eigenvalue weighted by atomic mass is 32.1. The van der Waals surface area contributed by atoms with Crippen molar-refractivity contribution in [1.29, 1.82) is 0 Å². The SMILES string of the molecule is C=C(C)Cn1c(-c2cccs2)nc2c(N)cccc21. The number of benzene rings is 1. The Kier molecular flexibility index (Phi) is 2.87. The molecule has 1 aromatic carbocycles. The lowest BCUT2D eigenvalue weighted by molar-refractivity contribution is 0.822. The van der Waals surface area contributed by atoms with Crippen LogP contribution in [0.4, 0.5) is 5.69 Å². The van der Waals surface area contributed by atoms with Crippen LogP contribution in [0, 0.1) is 0 Å². The lowest BCUT2D eigenvalue weighted by Crippen LogP contribution is -2.00. The lowest BCUT2D eigenvalue weighted by Gasteiger charge is -2.07. The maximum atomic E-state index is 6.03. The zero-order valence-electron chi connectivity index (χ0n) is 10.8. The number of nitrogen functional groups attached to an aromatic ring is 1. The van der Waals surface area contributed by atoms with E-state index in [4.69, 9.17) is 10.7 Å². The molecule has 3 rings (SSSR count). The minimum Gasteiger partial charge on any atom is -0.397 e. The minimum absolute atomic E-state index is 0.718. The van der Waals surface area contributed by atoms with Crippen LogP contribution in [0.3, 0.4) is 0 Å². The van der Waals surface area contributed by atoms with Gasteiger partial charge in [-0.25, -0.2) is 4.98 Å². The van der Waals surface area contributed by atoms with Gasteiger partial charge in [-0.1, -0.05) is 24.3 Å². The first-order chi connectivity index (χ1) is 9.16. The second-order valence-corrected chi connectivity index (χ2v) is 5.62. The van der Waals surface area contributed by atoms with Gasteiger partial charge in [0.25, 0.3) is 0 Å². The first kappa shape index (κ1) is 12.0. The predicted octanol–water partition coefficient (Wildman–Crippen LogP) is 3.92. The number of nitrogens with two attached hydrogens (primary N) is 1. The van der Waals surface area contributed by atoms with Crippen LogP contribution in [0.25, 0.3) is 21.7 Å². The van der Waals surface area contributed by atoms with Gasteiger partial charge >= 0.3 is 0 Å². The molecule has 0 aliphatic heterocycles. The second-order valence-electron chi connectivity index (χ2n) is 4.67. The van der Waals surface area contributed by atoms with Gasteiger partial charge in [0.05, 0.1) is 16.1 Å². The molecule has 0 saturated carbocycles. The van der Waals surface area contributed by atoms with Gasteiger partial charge in [0, 0.05) is 6.54 Å². The first-order valence-electron chi connectivity index (χ1n) is 6.10. The Hall–Kier alpha value is -2.07. The van der Waals surface area contributed by atoms with Gasteiger partial charge in [-0.3, -0.25) is 0 Å². The molecule has 0 saturated heterocycles. The number of para-hydroxylation sites is 1. The van der Waals surface area contributed by atoms with Crippen molar-refractivity contribution in [2.75, 3.05) is 5.73 Å². The van der Waals surface area contributed by atoms with E-state index in [1.54, 1.807) is 11.3 Å². The monoisotopic (exact) mass is 269 g/mol. The van der Waals surface area contributed by atoms with Crippen molar-refractivity contribution in [3.05, 3.63) is 47.9 Å². The van der Waals surface area contributed by atoms with E-state index in [1.807, 2.05) is 25.1 Å². The van der Waals surface area contributed by atoms with Crippen molar-refractivity contribution >= 4 is 28.1 Å².